The molecular weight excluding hydrogens is 242 g/mol. The second-order valence-electron chi connectivity index (χ2n) is 4.42. The van der Waals surface area contributed by atoms with Crippen molar-refractivity contribution in [1.82, 2.24) is 5.32 Å². The Kier molecular flexibility index (Phi) is 5.97. The van der Waals surface area contributed by atoms with Gasteiger partial charge in [0.05, 0.1) is 19.1 Å². The minimum Gasteiger partial charge on any atom is -0.394 e. The first-order chi connectivity index (χ1) is 8.51. The summed E-state index contributed by atoms with van der Waals surface area (Å²) < 4.78 is 5.21. The Morgan fingerprint density at radius 2 is 1.78 bits per heavy atom. The number of carbonyl (C=O) groups is 1. The van der Waals surface area contributed by atoms with Gasteiger partial charge in [-0.2, -0.15) is 0 Å². The number of hydrogen-bond acceptors (Lipinski definition) is 6. The van der Waals surface area contributed by atoms with Crippen molar-refractivity contribution < 1.29 is 30.0 Å². The molecule has 18 heavy (non-hydrogen) atoms. The van der Waals surface area contributed by atoms with Crippen LogP contribution in [0.1, 0.15) is 19.8 Å². The highest BCUT2D eigenvalue weighted by molar-refractivity contribution is 5.76. The van der Waals surface area contributed by atoms with Crippen LogP contribution < -0.4 is 5.32 Å². The minimum absolute atomic E-state index is 0.124. The molecular formula is C11H21NO6. The molecule has 1 aliphatic rings. The van der Waals surface area contributed by atoms with Crippen LogP contribution in [0.5, 0.6) is 0 Å². The van der Waals surface area contributed by atoms with Gasteiger partial charge in [0.15, 0.2) is 0 Å². The average Bonchev–Trinajstić information content (AvgIpc) is 2.37. The fraction of sp³-hybridized carbons (Fsp3) is 0.909. The quantitative estimate of drug-likeness (QED) is 0.382. The summed E-state index contributed by atoms with van der Waals surface area (Å²) in [5, 5.41) is 40.4. The fourth-order valence-corrected chi connectivity index (χ4v) is 1.87. The number of ether oxygens (including phenoxy) is 1. The zero-order valence-corrected chi connectivity index (χ0v) is 10.3. The molecule has 0 aromatic rings. The van der Waals surface area contributed by atoms with Crippen molar-refractivity contribution in [3.8, 4) is 0 Å². The van der Waals surface area contributed by atoms with E-state index in [0.717, 1.165) is 6.42 Å². The van der Waals surface area contributed by atoms with E-state index in [-0.39, 0.29) is 12.3 Å². The number of hydrogen-bond donors (Lipinski definition) is 5. The largest absolute Gasteiger partial charge is 0.394 e. The SMILES string of the molecule is CCCNC(=O)CC1O[C@H](CO)[C@H](O)[C@H](O)[C@H]1O. The number of carbonyl (C=O) groups excluding carboxylic acids is 1. The van der Waals surface area contributed by atoms with Crippen molar-refractivity contribution in [2.75, 3.05) is 13.2 Å². The van der Waals surface area contributed by atoms with Crippen molar-refractivity contribution in [2.24, 2.45) is 0 Å². The molecule has 1 saturated heterocycles. The summed E-state index contributed by atoms with van der Waals surface area (Å²) in [5.41, 5.74) is 0. The van der Waals surface area contributed by atoms with Gasteiger partial charge in [-0.3, -0.25) is 4.79 Å². The van der Waals surface area contributed by atoms with Crippen LogP contribution >= 0.6 is 0 Å². The summed E-state index contributed by atoms with van der Waals surface area (Å²) in [4.78, 5) is 11.5. The van der Waals surface area contributed by atoms with Gasteiger partial charge < -0.3 is 30.5 Å². The third-order valence-electron chi connectivity index (χ3n) is 2.95. The fourth-order valence-electron chi connectivity index (χ4n) is 1.87. The van der Waals surface area contributed by atoms with Crippen LogP contribution in [-0.2, 0) is 9.53 Å². The van der Waals surface area contributed by atoms with Crippen LogP contribution in [0.25, 0.3) is 0 Å². The first-order valence-corrected chi connectivity index (χ1v) is 6.08. The second kappa shape index (κ2) is 7.01. The maximum atomic E-state index is 11.5. The molecule has 0 radical (unpaired) electrons. The summed E-state index contributed by atoms with van der Waals surface area (Å²) in [6.45, 7) is 1.95. The highest BCUT2D eigenvalue weighted by Crippen LogP contribution is 2.22. The predicted octanol–water partition coefficient (Wildman–Crippen LogP) is -2.25. The van der Waals surface area contributed by atoms with E-state index >= 15 is 0 Å². The van der Waals surface area contributed by atoms with E-state index in [1.165, 1.54) is 0 Å². The molecule has 1 rings (SSSR count). The molecule has 0 aliphatic carbocycles. The van der Waals surface area contributed by atoms with Gasteiger partial charge in [-0.05, 0) is 6.42 Å². The van der Waals surface area contributed by atoms with Gasteiger partial charge in [0.25, 0.3) is 0 Å². The predicted molar refractivity (Wildman–Crippen MR) is 61.7 cm³/mol. The van der Waals surface area contributed by atoms with E-state index in [1.807, 2.05) is 6.92 Å². The third kappa shape index (κ3) is 3.63. The summed E-state index contributed by atoms with van der Waals surface area (Å²) >= 11 is 0. The Bertz CT molecular complexity index is 272. The molecule has 1 unspecified atom stereocenters. The molecule has 0 spiro atoms. The maximum absolute atomic E-state index is 11.5. The Hall–Kier alpha value is -0.730. The van der Waals surface area contributed by atoms with Crippen LogP contribution in [0.2, 0.25) is 0 Å². The van der Waals surface area contributed by atoms with E-state index in [0.29, 0.717) is 6.54 Å². The van der Waals surface area contributed by atoms with Crippen molar-refractivity contribution in [1.29, 1.82) is 0 Å². The van der Waals surface area contributed by atoms with Crippen molar-refractivity contribution >= 4 is 5.91 Å². The molecule has 5 atom stereocenters. The molecule has 1 heterocycles. The molecule has 1 aliphatic heterocycles. The van der Waals surface area contributed by atoms with Crippen LogP contribution in [0.3, 0.4) is 0 Å². The minimum atomic E-state index is -1.43. The number of aliphatic hydroxyl groups is 4. The van der Waals surface area contributed by atoms with Crippen LogP contribution in [-0.4, -0.2) is 70.0 Å². The average molecular weight is 263 g/mol. The zero-order chi connectivity index (χ0) is 13.7. The second-order valence-corrected chi connectivity index (χ2v) is 4.42. The van der Waals surface area contributed by atoms with Crippen LogP contribution in [0.15, 0.2) is 0 Å². The van der Waals surface area contributed by atoms with Crippen LogP contribution in [0.4, 0.5) is 0 Å². The molecule has 0 aromatic carbocycles. The van der Waals surface area contributed by atoms with Gasteiger partial charge in [0.1, 0.15) is 24.4 Å². The molecule has 0 saturated carbocycles. The third-order valence-corrected chi connectivity index (χ3v) is 2.95. The Balaban J connectivity index is 2.56. The number of rotatable bonds is 5. The molecule has 1 fully saturated rings. The van der Waals surface area contributed by atoms with Gasteiger partial charge in [-0.25, -0.2) is 0 Å². The maximum Gasteiger partial charge on any atom is 0.222 e. The smallest absolute Gasteiger partial charge is 0.222 e. The summed E-state index contributed by atoms with van der Waals surface area (Å²) in [7, 11) is 0. The van der Waals surface area contributed by atoms with E-state index in [1.54, 1.807) is 0 Å². The Labute approximate surface area is 105 Å². The van der Waals surface area contributed by atoms with E-state index in [9.17, 15) is 20.1 Å². The molecule has 7 nitrogen and oxygen atoms in total. The highest BCUT2D eigenvalue weighted by atomic mass is 16.5. The lowest BCUT2D eigenvalue weighted by atomic mass is 9.93. The van der Waals surface area contributed by atoms with E-state index in [2.05, 4.69) is 5.32 Å². The van der Waals surface area contributed by atoms with Crippen molar-refractivity contribution in [3.63, 3.8) is 0 Å². The molecule has 5 N–H and O–H groups in total. The molecule has 0 bridgehead atoms. The van der Waals surface area contributed by atoms with E-state index in [4.69, 9.17) is 9.84 Å². The monoisotopic (exact) mass is 263 g/mol. The zero-order valence-electron chi connectivity index (χ0n) is 10.3. The lowest BCUT2D eigenvalue weighted by Crippen LogP contribution is -2.59. The van der Waals surface area contributed by atoms with Gasteiger partial charge in [-0.15, -0.1) is 0 Å². The van der Waals surface area contributed by atoms with Crippen molar-refractivity contribution in [3.05, 3.63) is 0 Å². The lowest BCUT2D eigenvalue weighted by molar-refractivity contribution is -0.229. The number of nitrogens with one attached hydrogen (secondary N) is 1. The van der Waals surface area contributed by atoms with Crippen molar-refractivity contribution in [2.45, 2.75) is 50.3 Å². The van der Waals surface area contributed by atoms with Gasteiger partial charge in [0, 0.05) is 6.54 Å². The van der Waals surface area contributed by atoms with Gasteiger partial charge >= 0.3 is 0 Å². The highest BCUT2D eigenvalue weighted by Gasteiger charge is 2.43. The first-order valence-electron chi connectivity index (χ1n) is 6.08. The molecule has 106 valence electrons. The molecule has 7 heteroatoms. The number of amides is 1. The molecule has 1 amide bonds. The first kappa shape index (κ1) is 15.3. The topological polar surface area (TPSA) is 119 Å². The van der Waals surface area contributed by atoms with Gasteiger partial charge in [0.2, 0.25) is 5.91 Å². The van der Waals surface area contributed by atoms with Crippen LogP contribution in [0, 0.1) is 0 Å². The normalized spacial score (nSPS) is 36.4. The summed E-state index contributed by atoms with van der Waals surface area (Å²) in [6, 6.07) is 0. The van der Waals surface area contributed by atoms with Gasteiger partial charge in [-0.1, -0.05) is 6.92 Å². The Morgan fingerprint density at radius 3 is 2.33 bits per heavy atom. The van der Waals surface area contributed by atoms with E-state index < -0.39 is 37.1 Å². The summed E-state index contributed by atoms with van der Waals surface area (Å²) in [6.07, 6.45) is -5.40. The Morgan fingerprint density at radius 1 is 1.17 bits per heavy atom. The number of aliphatic hydroxyl groups excluding tert-OH is 4. The summed E-state index contributed by atoms with van der Waals surface area (Å²) in [5.74, 6) is -0.304. The molecule has 0 aromatic heterocycles. The standard InChI is InChI=1S/C11H21NO6/c1-2-3-12-8(14)4-6-9(15)11(17)10(16)7(5-13)18-6/h6-7,9-11,13,15-17H,2-5H2,1H3,(H,12,14)/t6?,7-,9+,10+,11-/m1/s1. The lowest BCUT2D eigenvalue weighted by Gasteiger charge is -2.39.